The normalized spacial score (nSPS) is 28.0. The molecule has 3 heteroatoms. The van der Waals surface area contributed by atoms with Crippen molar-refractivity contribution in [3.63, 3.8) is 0 Å². The van der Waals surface area contributed by atoms with Crippen LogP contribution in [0.4, 0.5) is 0 Å². The third-order valence-electron chi connectivity index (χ3n) is 5.21. The van der Waals surface area contributed by atoms with Crippen molar-refractivity contribution in [2.24, 2.45) is 11.3 Å². The van der Waals surface area contributed by atoms with Gasteiger partial charge in [0.25, 0.3) is 0 Å². The molecule has 3 unspecified atom stereocenters. The summed E-state index contributed by atoms with van der Waals surface area (Å²) in [4.78, 5) is 2.60. The lowest BCUT2D eigenvalue weighted by atomic mass is 9.69. The molecule has 1 fully saturated rings. The Morgan fingerprint density at radius 2 is 2.19 bits per heavy atom. The Morgan fingerprint density at radius 1 is 1.43 bits per heavy atom. The highest BCUT2D eigenvalue weighted by Crippen LogP contribution is 2.39. The first kappa shape index (κ1) is 18.9. The number of rotatable bonds is 10. The lowest BCUT2D eigenvalue weighted by Crippen LogP contribution is -2.48. The van der Waals surface area contributed by atoms with Gasteiger partial charge in [-0.1, -0.05) is 33.1 Å². The van der Waals surface area contributed by atoms with Crippen LogP contribution in [0.15, 0.2) is 0 Å². The standard InChI is InChI=1S/C18H38N2O/c1-6-8-17(3)20(4)15-18(14-19-11-12-21-5)10-7-9-16(2)13-18/h16-17,19H,6-15H2,1-5H3. The van der Waals surface area contributed by atoms with Crippen LogP contribution in [-0.2, 0) is 4.74 Å². The van der Waals surface area contributed by atoms with Gasteiger partial charge in [0, 0.05) is 32.8 Å². The van der Waals surface area contributed by atoms with Crippen LogP contribution in [0.1, 0.15) is 59.3 Å². The molecule has 0 radical (unpaired) electrons. The first-order valence-corrected chi connectivity index (χ1v) is 8.93. The minimum atomic E-state index is 0.460. The molecule has 3 atom stereocenters. The summed E-state index contributed by atoms with van der Waals surface area (Å²) >= 11 is 0. The Morgan fingerprint density at radius 3 is 2.81 bits per heavy atom. The molecule has 0 bridgehead atoms. The topological polar surface area (TPSA) is 24.5 Å². The smallest absolute Gasteiger partial charge is 0.0587 e. The highest BCUT2D eigenvalue weighted by molar-refractivity contribution is 4.90. The van der Waals surface area contributed by atoms with Crippen molar-refractivity contribution in [1.29, 1.82) is 0 Å². The molecule has 0 aromatic carbocycles. The van der Waals surface area contributed by atoms with Crippen LogP contribution >= 0.6 is 0 Å². The Hall–Kier alpha value is -0.120. The molecule has 21 heavy (non-hydrogen) atoms. The fourth-order valence-electron chi connectivity index (χ4n) is 3.98. The van der Waals surface area contributed by atoms with Crippen molar-refractivity contribution in [3.8, 4) is 0 Å². The minimum absolute atomic E-state index is 0.460. The Bertz CT molecular complexity index is 272. The summed E-state index contributed by atoms with van der Waals surface area (Å²) in [6.45, 7) is 11.3. The molecule has 3 nitrogen and oxygen atoms in total. The number of hydrogen-bond donors (Lipinski definition) is 1. The van der Waals surface area contributed by atoms with Crippen molar-refractivity contribution in [1.82, 2.24) is 10.2 Å². The molecule has 1 aliphatic rings. The lowest BCUT2D eigenvalue weighted by Gasteiger charge is -2.44. The highest BCUT2D eigenvalue weighted by Gasteiger charge is 2.36. The fourth-order valence-corrected chi connectivity index (χ4v) is 3.98. The lowest BCUT2D eigenvalue weighted by molar-refractivity contribution is 0.0718. The number of methoxy groups -OCH3 is 1. The molecule has 0 aromatic heterocycles. The van der Waals surface area contributed by atoms with Gasteiger partial charge in [-0.2, -0.15) is 0 Å². The van der Waals surface area contributed by atoms with Gasteiger partial charge >= 0.3 is 0 Å². The largest absolute Gasteiger partial charge is 0.383 e. The Kier molecular flexibility index (Phi) is 8.84. The zero-order valence-electron chi connectivity index (χ0n) is 15.1. The molecule has 1 rings (SSSR count). The van der Waals surface area contributed by atoms with Crippen LogP contribution in [0.2, 0.25) is 0 Å². The molecule has 0 heterocycles. The summed E-state index contributed by atoms with van der Waals surface area (Å²) in [5.74, 6) is 0.873. The number of ether oxygens (including phenoxy) is 1. The third-order valence-corrected chi connectivity index (χ3v) is 5.21. The van der Waals surface area contributed by atoms with Crippen molar-refractivity contribution >= 4 is 0 Å². The van der Waals surface area contributed by atoms with E-state index in [1.54, 1.807) is 7.11 Å². The van der Waals surface area contributed by atoms with Gasteiger partial charge in [0.2, 0.25) is 0 Å². The van der Waals surface area contributed by atoms with E-state index in [-0.39, 0.29) is 0 Å². The molecule has 0 aromatic rings. The van der Waals surface area contributed by atoms with Crippen molar-refractivity contribution in [2.75, 3.05) is 40.4 Å². The van der Waals surface area contributed by atoms with E-state index < -0.39 is 0 Å². The number of nitrogens with zero attached hydrogens (tertiary/aromatic N) is 1. The molecule has 0 aliphatic heterocycles. The van der Waals surface area contributed by atoms with E-state index in [2.05, 4.69) is 38.0 Å². The van der Waals surface area contributed by atoms with Gasteiger partial charge < -0.3 is 15.0 Å². The zero-order chi connectivity index (χ0) is 15.7. The average molecular weight is 299 g/mol. The molecule has 0 saturated heterocycles. The number of nitrogens with one attached hydrogen (secondary N) is 1. The summed E-state index contributed by atoms with van der Waals surface area (Å²) in [6, 6.07) is 0.697. The maximum atomic E-state index is 5.16. The second-order valence-corrected chi connectivity index (χ2v) is 7.42. The average Bonchev–Trinajstić information content (AvgIpc) is 2.44. The van der Waals surface area contributed by atoms with E-state index in [9.17, 15) is 0 Å². The molecule has 0 spiro atoms. The molecule has 0 amide bonds. The van der Waals surface area contributed by atoms with E-state index in [0.717, 1.165) is 25.6 Å². The highest BCUT2D eigenvalue weighted by atomic mass is 16.5. The van der Waals surface area contributed by atoms with E-state index in [1.807, 2.05) is 0 Å². The van der Waals surface area contributed by atoms with E-state index in [4.69, 9.17) is 4.74 Å². The van der Waals surface area contributed by atoms with Gasteiger partial charge in [-0.15, -0.1) is 0 Å². The van der Waals surface area contributed by atoms with Crippen molar-refractivity contribution in [2.45, 2.75) is 65.3 Å². The predicted molar refractivity (Wildman–Crippen MR) is 91.8 cm³/mol. The SMILES string of the molecule is CCCC(C)N(C)CC1(CNCCOC)CCCC(C)C1. The van der Waals surface area contributed by atoms with Crippen LogP contribution in [0.3, 0.4) is 0 Å². The monoisotopic (exact) mass is 298 g/mol. The second kappa shape index (κ2) is 9.81. The fraction of sp³-hybridized carbons (Fsp3) is 1.00. The summed E-state index contributed by atoms with van der Waals surface area (Å²) in [6.07, 6.45) is 8.13. The second-order valence-electron chi connectivity index (χ2n) is 7.42. The van der Waals surface area contributed by atoms with Gasteiger partial charge in [0.1, 0.15) is 0 Å². The van der Waals surface area contributed by atoms with Gasteiger partial charge in [-0.3, -0.25) is 0 Å². The van der Waals surface area contributed by atoms with Crippen molar-refractivity contribution < 1.29 is 4.74 Å². The van der Waals surface area contributed by atoms with Crippen LogP contribution in [-0.4, -0.2) is 51.3 Å². The maximum Gasteiger partial charge on any atom is 0.0587 e. The molecule has 1 aliphatic carbocycles. The van der Waals surface area contributed by atoms with Crippen LogP contribution in [0, 0.1) is 11.3 Å². The van der Waals surface area contributed by atoms with E-state index in [1.165, 1.54) is 45.1 Å². The number of hydrogen-bond acceptors (Lipinski definition) is 3. The third kappa shape index (κ3) is 6.66. The Labute approximate surface area is 132 Å². The van der Waals surface area contributed by atoms with Crippen LogP contribution in [0.5, 0.6) is 0 Å². The zero-order valence-corrected chi connectivity index (χ0v) is 15.1. The van der Waals surface area contributed by atoms with Gasteiger partial charge in [0.05, 0.1) is 6.61 Å². The van der Waals surface area contributed by atoms with E-state index >= 15 is 0 Å². The molecular formula is C18H38N2O. The minimum Gasteiger partial charge on any atom is -0.383 e. The predicted octanol–water partition coefficient (Wildman–Crippen LogP) is 3.54. The van der Waals surface area contributed by atoms with Crippen LogP contribution in [0.25, 0.3) is 0 Å². The summed E-state index contributed by atoms with van der Waals surface area (Å²) < 4.78 is 5.16. The van der Waals surface area contributed by atoms with Crippen LogP contribution < -0.4 is 5.32 Å². The molecule has 126 valence electrons. The first-order valence-electron chi connectivity index (χ1n) is 8.93. The Balaban J connectivity index is 2.58. The summed E-state index contributed by atoms with van der Waals surface area (Å²) in [5, 5.41) is 3.64. The molecular weight excluding hydrogens is 260 g/mol. The molecule has 1 N–H and O–H groups in total. The van der Waals surface area contributed by atoms with Gasteiger partial charge in [-0.25, -0.2) is 0 Å². The van der Waals surface area contributed by atoms with E-state index in [0.29, 0.717) is 11.5 Å². The first-order chi connectivity index (χ1) is 10.0. The molecule has 1 saturated carbocycles. The quantitative estimate of drug-likeness (QED) is 0.624. The summed E-state index contributed by atoms with van der Waals surface area (Å²) in [5.41, 5.74) is 0.460. The maximum absolute atomic E-state index is 5.16. The summed E-state index contributed by atoms with van der Waals surface area (Å²) in [7, 11) is 4.09. The van der Waals surface area contributed by atoms with Gasteiger partial charge in [-0.05, 0) is 44.6 Å². The van der Waals surface area contributed by atoms with Crippen molar-refractivity contribution in [3.05, 3.63) is 0 Å². The van der Waals surface area contributed by atoms with Gasteiger partial charge in [0.15, 0.2) is 0 Å².